The van der Waals surface area contributed by atoms with E-state index in [4.69, 9.17) is 16.3 Å². The van der Waals surface area contributed by atoms with E-state index >= 15 is 0 Å². The number of rotatable bonds is 4. The fraction of sp³-hybridized carbons (Fsp3) is 0.294. The van der Waals surface area contributed by atoms with Gasteiger partial charge in [0.15, 0.2) is 5.78 Å². The summed E-state index contributed by atoms with van der Waals surface area (Å²) < 4.78 is 5.72. The molecule has 0 spiro atoms. The van der Waals surface area contributed by atoms with Gasteiger partial charge in [0.2, 0.25) is 0 Å². The lowest BCUT2D eigenvalue weighted by Gasteiger charge is -2.24. The van der Waals surface area contributed by atoms with Gasteiger partial charge in [0.05, 0.1) is 12.7 Å². The van der Waals surface area contributed by atoms with Crippen molar-refractivity contribution < 1.29 is 9.53 Å². The minimum Gasteiger partial charge on any atom is -0.371 e. The highest BCUT2D eigenvalue weighted by Gasteiger charge is 2.15. The van der Waals surface area contributed by atoms with Crippen LogP contribution in [0.15, 0.2) is 42.6 Å². The number of hydrogen-bond donors (Lipinski definition) is 1. The van der Waals surface area contributed by atoms with E-state index in [2.05, 4.69) is 10.3 Å². The Labute approximate surface area is 134 Å². The molecule has 22 heavy (non-hydrogen) atoms. The zero-order valence-electron chi connectivity index (χ0n) is 12.1. The van der Waals surface area contributed by atoms with Crippen LogP contribution in [0.3, 0.4) is 0 Å². The van der Waals surface area contributed by atoms with Crippen LogP contribution in [-0.4, -0.2) is 30.5 Å². The molecule has 2 heterocycles. The highest BCUT2D eigenvalue weighted by atomic mass is 35.5. The van der Waals surface area contributed by atoms with Gasteiger partial charge in [0, 0.05) is 31.3 Å². The van der Waals surface area contributed by atoms with Crippen molar-refractivity contribution in [2.24, 2.45) is 0 Å². The van der Waals surface area contributed by atoms with E-state index in [0.29, 0.717) is 17.1 Å². The minimum atomic E-state index is 0.0348. The lowest BCUT2D eigenvalue weighted by molar-refractivity contribution is 0.0277. The third-order valence-corrected chi connectivity index (χ3v) is 3.90. The molecule has 1 saturated heterocycles. The van der Waals surface area contributed by atoms with Gasteiger partial charge in [-0.2, -0.15) is 0 Å². The summed E-state index contributed by atoms with van der Waals surface area (Å²) in [6.07, 6.45) is 1.99. The predicted molar refractivity (Wildman–Crippen MR) is 85.3 cm³/mol. The Hall–Kier alpha value is -1.75. The maximum Gasteiger partial charge on any atom is 0.167 e. The second-order valence-electron chi connectivity index (χ2n) is 5.27. The number of nitrogens with one attached hydrogen (secondary N) is 1. The Balaban J connectivity index is 1.66. The first-order valence-corrected chi connectivity index (χ1v) is 7.66. The van der Waals surface area contributed by atoms with E-state index in [1.165, 1.54) is 0 Å². The molecule has 1 atom stereocenters. The van der Waals surface area contributed by atoms with Crippen molar-refractivity contribution in [3.63, 3.8) is 0 Å². The molecule has 0 bridgehead atoms. The molecular formula is C17H17ClN2O2. The number of aromatic nitrogens is 1. The van der Waals surface area contributed by atoms with E-state index in [1.54, 1.807) is 18.3 Å². The van der Waals surface area contributed by atoms with Crippen molar-refractivity contribution in [1.29, 1.82) is 0 Å². The van der Waals surface area contributed by atoms with E-state index in [-0.39, 0.29) is 11.9 Å². The van der Waals surface area contributed by atoms with Crippen molar-refractivity contribution in [2.75, 3.05) is 19.7 Å². The van der Waals surface area contributed by atoms with Gasteiger partial charge in [-0.05, 0) is 23.3 Å². The highest BCUT2D eigenvalue weighted by molar-refractivity contribution is 6.29. The molecule has 2 aromatic rings. The zero-order valence-corrected chi connectivity index (χ0v) is 12.8. The smallest absolute Gasteiger partial charge is 0.167 e. The SMILES string of the molecule is O=C(Cc1ccc([C@H]2CNCCO2)cc1)c1ccnc(Cl)c1. The normalized spacial score (nSPS) is 18.1. The number of hydrogen-bond acceptors (Lipinski definition) is 4. The number of ether oxygens (including phenoxy) is 1. The van der Waals surface area contributed by atoms with Crippen LogP contribution in [0.2, 0.25) is 5.15 Å². The number of morpholine rings is 1. The van der Waals surface area contributed by atoms with Crippen LogP contribution in [0.25, 0.3) is 0 Å². The largest absolute Gasteiger partial charge is 0.371 e. The van der Waals surface area contributed by atoms with Crippen molar-refractivity contribution in [2.45, 2.75) is 12.5 Å². The Morgan fingerprint density at radius 2 is 2.14 bits per heavy atom. The maximum absolute atomic E-state index is 12.2. The number of halogens is 1. The fourth-order valence-corrected chi connectivity index (χ4v) is 2.67. The third kappa shape index (κ3) is 3.71. The predicted octanol–water partition coefficient (Wildman–Crippen LogP) is 2.82. The average Bonchev–Trinajstić information content (AvgIpc) is 2.56. The van der Waals surface area contributed by atoms with E-state index < -0.39 is 0 Å². The number of carbonyl (C=O) groups is 1. The lowest BCUT2D eigenvalue weighted by Crippen LogP contribution is -2.33. The second-order valence-corrected chi connectivity index (χ2v) is 5.66. The molecule has 0 aliphatic carbocycles. The molecule has 0 unspecified atom stereocenters. The molecule has 1 fully saturated rings. The van der Waals surface area contributed by atoms with Gasteiger partial charge in [0.25, 0.3) is 0 Å². The van der Waals surface area contributed by atoms with Gasteiger partial charge in [-0.15, -0.1) is 0 Å². The van der Waals surface area contributed by atoms with Gasteiger partial charge in [-0.3, -0.25) is 4.79 Å². The molecular weight excluding hydrogens is 300 g/mol. The standard InChI is InChI=1S/C17H17ClN2O2/c18-17-10-14(5-6-20-17)15(21)9-12-1-3-13(4-2-12)16-11-19-7-8-22-16/h1-6,10,16,19H,7-9,11H2/t16-/m1/s1. The van der Waals surface area contributed by atoms with Crippen LogP contribution in [0.5, 0.6) is 0 Å². The quantitative estimate of drug-likeness (QED) is 0.696. The summed E-state index contributed by atoms with van der Waals surface area (Å²) in [5, 5.41) is 3.65. The van der Waals surface area contributed by atoms with Crippen LogP contribution in [0.1, 0.15) is 27.6 Å². The summed E-state index contributed by atoms with van der Waals surface area (Å²) in [5.41, 5.74) is 2.70. The van der Waals surface area contributed by atoms with Gasteiger partial charge >= 0.3 is 0 Å². The molecule has 1 aliphatic heterocycles. The molecule has 0 radical (unpaired) electrons. The zero-order chi connectivity index (χ0) is 15.4. The van der Waals surface area contributed by atoms with E-state index in [1.807, 2.05) is 24.3 Å². The monoisotopic (exact) mass is 316 g/mol. The summed E-state index contributed by atoms with van der Waals surface area (Å²) in [5.74, 6) is 0.0348. The number of nitrogens with zero attached hydrogens (tertiary/aromatic N) is 1. The highest BCUT2D eigenvalue weighted by Crippen LogP contribution is 2.20. The average molecular weight is 317 g/mol. The van der Waals surface area contributed by atoms with Crippen LogP contribution >= 0.6 is 11.6 Å². The molecule has 4 nitrogen and oxygen atoms in total. The van der Waals surface area contributed by atoms with Gasteiger partial charge < -0.3 is 10.1 Å². The lowest BCUT2D eigenvalue weighted by atomic mass is 10.0. The summed E-state index contributed by atoms with van der Waals surface area (Å²) in [7, 11) is 0. The van der Waals surface area contributed by atoms with Gasteiger partial charge in [-0.1, -0.05) is 35.9 Å². The molecule has 1 aromatic heterocycles. The summed E-state index contributed by atoms with van der Waals surface area (Å²) >= 11 is 5.82. The first kappa shape index (κ1) is 15.2. The Morgan fingerprint density at radius 3 is 2.82 bits per heavy atom. The summed E-state index contributed by atoms with van der Waals surface area (Å²) in [4.78, 5) is 16.1. The molecule has 1 N–H and O–H groups in total. The van der Waals surface area contributed by atoms with Crippen LogP contribution < -0.4 is 5.32 Å². The topological polar surface area (TPSA) is 51.2 Å². The van der Waals surface area contributed by atoms with Crippen molar-refractivity contribution >= 4 is 17.4 Å². The van der Waals surface area contributed by atoms with Gasteiger partial charge in [0.1, 0.15) is 5.15 Å². The number of ketones is 1. The first-order valence-electron chi connectivity index (χ1n) is 7.28. The number of carbonyl (C=O) groups excluding carboxylic acids is 1. The van der Waals surface area contributed by atoms with Crippen molar-refractivity contribution in [1.82, 2.24) is 10.3 Å². The minimum absolute atomic E-state index is 0.0348. The third-order valence-electron chi connectivity index (χ3n) is 3.69. The van der Waals surface area contributed by atoms with Crippen molar-refractivity contribution in [3.05, 3.63) is 64.4 Å². The number of pyridine rings is 1. The van der Waals surface area contributed by atoms with Crippen LogP contribution in [0, 0.1) is 0 Å². The fourth-order valence-electron chi connectivity index (χ4n) is 2.49. The van der Waals surface area contributed by atoms with Crippen LogP contribution in [-0.2, 0) is 11.2 Å². The Kier molecular flexibility index (Phi) is 4.83. The second kappa shape index (κ2) is 7.01. The van der Waals surface area contributed by atoms with Crippen molar-refractivity contribution in [3.8, 4) is 0 Å². The molecule has 1 aromatic carbocycles. The first-order chi connectivity index (χ1) is 10.7. The molecule has 0 saturated carbocycles. The Bertz CT molecular complexity index is 652. The van der Waals surface area contributed by atoms with Crippen LogP contribution in [0.4, 0.5) is 0 Å². The molecule has 114 valence electrons. The van der Waals surface area contributed by atoms with E-state index in [9.17, 15) is 4.79 Å². The summed E-state index contributed by atoms with van der Waals surface area (Å²) in [6.45, 7) is 2.46. The molecule has 0 amide bonds. The molecule has 1 aliphatic rings. The number of benzene rings is 1. The number of Topliss-reactive ketones (excluding diaryl/α,β-unsaturated/α-hetero) is 1. The van der Waals surface area contributed by atoms with E-state index in [0.717, 1.165) is 30.8 Å². The summed E-state index contributed by atoms with van der Waals surface area (Å²) in [6, 6.07) is 11.3. The maximum atomic E-state index is 12.2. The Morgan fingerprint density at radius 1 is 1.32 bits per heavy atom. The van der Waals surface area contributed by atoms with Gasteiger partial charge in [-0.25, -0.2) is 4.98 Å². The molecule has 3 rings (SSSR count). The molecule has 5 heteroatoms.